The van der Waals surface area contributed by atoms with Gasteiger partial charge in [-0.1, -0.05) is 48.8 Å². The second-order valence-corrected chi connectivity index (χ2v) is 22.0. The van der Waals surface area contributed by atoms with Gasteiger partial charge in [-0.05, 0) is 99.6 Å². The molecule has 62 heavy (non-hydrogen) atoms. The van der Waals surface area contributed by atoms with E-state index >= 15 is 4.79 Å². The van der Waals surface area contributed by atoms with Crippen LogP contribution >= 0.6 is 23.5 Å². The van der Waals surface area contributed by atoms with Crippen molar-refractivity contribution in [2.45, 2.75) is 130 Å². The van der Waals surface area contributed by atoms with Crippen molar-refractivity contribution >= 4 is 47.1 Å². The number of esters is 1. The van der Waals surface area contributed by atoms with Crippen molar-refractivity contribution < 1.29 is 79.7 Å². The average molecular weight is 925 g/mol. The number of unbranched alkanes of at least 4 members (excludes halogenated alkanes) is 1. The van der Waals surface area contributed by atoms with E-state index in [1.165, 1.54) is 12.2 Å². The van der Waals surface area contributed by atoms with Gasteiger partial charge in [0.1, 0.15) is 22.7 Å². The molecule has 3 aliphatic carbocycles. The second kappa shape index (κ2) is 16.8. The van der Waals surface area contributed by atoms with Crippen LogP contribution in [0.4, 0.5) is 0 Å². The van der Waals surface area contributed by atoms with Crippen LogP contribution in [0, 0.1) is 11.8 Å². The zero-order valence-corrected chi connectivity index (χ0v) is 38.9. The predicted molar refractivity (Wildman–Crippen MR) is 225 cm³/mol. The molecule has 3 heterocycles. The summed E-state index contributed by atoms with van der Waals surface area (Å²) in [5.41, 5.74) is -3.82. The number of ether oxygens (including phenoxy) is 4. The highest BCUT2D eigenvalue weighted by Crippen LogP contribution is 2.71. The molecular formula is C42H55O17P3. The summed E-state index contributed by atoms with van der Waals surface area (Å²) < 4.78 is 77.6. The molecule has 3 aliphatic heterocycles. The minimum atomic E-state index is -6.00. The predicted octanol–water partition coefficient (Wildman–Crippen LogP) is 8.50. The summed E-state index contributed by atoms with van der Waals surface area (Å²) in [5, 5.41) is 0. The minimum Gasteiger partial charge on any atom is -0.482 e. The zero-order chi connectivity index (χ0) is 46.0. The first-order valence-corrected chi connectivity index (χ1v) is 24.9. The number of hydrogen-bond donors (Lipinski definition) is 4. The van der Waals surface area contributed by atoms with Crippen LogP contribution in [0.3, 0.4) is 0 Å². The summed E-state index contributed by atoms with van der Waals surface area (Å²) in [4.78, 5) is 82.8. The Hall–Kier alpha value is -3.46. The van der Waals surface area contributed by atoms with Crippen LogP contribution in [0.15, 0.2) is 52.7 Å². The van der Waals surface area contributed by atoms with Gasteiger partial charge in [0.15, 0.2) is 28.5 Å². The molecule has 17 nitrogen and oxygen atoms in total. The van der Waals surface area contributed by atoms with Crippen molar-refractivity contribution in [2.24, 2.45) is 11.8 Å². The molecule has 1 saturated heterocycles. The quantitative estimate of drug-likeness (QED) is 0.0376. The van der Waals surface area contributed by atoms with Crippen LogP contribution in [0.5, 0.6) is 17.2 Å². The van der Waals surface area contributed by atoms with E-state index in [2.05, 4.69) is 8.62 Å². The number of ketones is 2. The number of rotatable bonds is 17. The monoisotopic (exact) mass is 924 g/mol. The third-order valence-electron chi connectivity index (χ3n) is 11.8. The maximum atomic E-state index is 15.5. The first-order valence-electron chi connectivity index (χ1n) is 20.4. The van der Waals surface area contributed by atoms with Crippen LogP contribution < -0.4 is 14.0 Å². The molecule has 0 amide bonds. The lowest BCUT2D eigenvalue weighted by Crippen LogP contribution is -2.72. The number of phosphoric ester groups is 1. The molecule has 6 aliphatic rings. The van der Waals surface area contributed by atoms with Gasteiger partial charge in [-0.2, -0.15) is 8.62 Å². The summed E-state index contributed by atoms with van der Waals surface area (Å²) in [7, 11) is -17.7. The van der Waals surface area contributed by atoms with Gasteiger partial charge in [0, 0.05) is 35.0 Å². The van der Waals surface area contributed by atoms with Gasteiger partial charge in [0.05, 0.1) is 17.8 Å². The summed E-state index contributed by atoms with van der Waals surface area (Å²) in [6, 6.07) is 0. The molecule has 0 radical (unpaired) electrons. The maximum absolute atomic E-state index is 15.5. The third kappa shape index (κ3) is 8.96. The lowest BCUT2D eigenvalue weighted by Gasteiger charge is -2.56. The highest BCUT2D eigenvalue weighted by atomic mass is 31.3. The Kier molecular flexibility index (Phi) is 13.0. The van der Waals surface area contributed by atoms with Crippen molar-refractivity contribution in [1.82, 2.24) is 0 Å². The Labute approximate surface area is 360 Å². The van der Waals surface area contributed by atoms with Gasteiger partial charge >= 0.3 is 29.4 Å². The van der Waals surface area contributed by atoms with Crippen molar-refractivity contribution in [2.75, 3.05) is 6.61 Å². The van der Waals surface area contributed by atoms with Crippen molar-refractivity contribution in [3.8, 4) is 17.2 Å². The molecule has 4 bridgehead atoms. The molecule has 4 N–H and O–H groups in total. The molecule has 20 heteroatoms. The number of hydrogen-bond acceptors (Lipinski definition) is 13. The Morgan fingerprint density at radius 3 is 2.23 bits per heavy atom. The largest absolute Gasteiger partial charge is 0.536 e. The number of carbonyl (C=O) groups is 3. The summed E-state index contributed by atoms with van der Waals surface area (Å²) >= 11 is 0. The normalized spacial score (nSPS) is 28.5. The first-order chi connectivity index (χ1) is 28.6. The molecule has 1 aromatic rings. The van der Waals surface area contributed by atoms with Crippen molar-refractivity contribution in [3.05, 3.63) is 69.4 Å². The van der Waals surface area contributed by atoms with E-state index in [1.807, 2.05) is 53.7 Å². The van der Waals surface area contributed by atoms with E-state index in [4.69, 9.17) is 23.5 Å². The van der Waals surface area contributed by atoms with Crippen molar-refractivity contribution in [3.63, 3.8) is 0 Å². The highest BCUT2D eigenvalue weighted by molar-refractivity contribution is 7.66. The fraction of sp³-hybridized carbons (Fsp3) is 0.548. The number of phosphoric acid groups is 3. The molecular weight excluding hydrogens is 869 g/mol. The molecule has 1 saturated carbocycles. The minimum absolute atomic E-state index is 0.00964. The van der Waals surface area contributed by atoms with Crippen LogP contribution in [-0.2, 0) is 47.8 Å². The Bertz CT molecular complexity index is 2380. The summed E-state index contributed by atoms with van der Waals surface area (Å²) in [6.07, 6.45) is 12.7. The molecule has 7 atom stereocenters. The summed E-state index contributed by atoms with van der Waals surface area (Å²) in [6.45, 7) is 16.7. The lowest BCUT2D eigenvalue weighted by atomic mass is 9.51. The molecule has 7 rings (SSSR count). The van der Waals surface area contributed by atoms with Gasteiger partial charge < -0.3 is 38.2 Å². The Morgan fingerprint density at radius 2 is 1.60 bits per heavy atom. The van der Waals surface area contributed by atoms with E-state index in [0.717, 1.165) is 17.6 Å². The standard InChI is InChI=1S/C42H55O17P3/c1-10-11-21-53-38(45)26(6)16-20-41-37(44)27-22-30-33(43)32-35(55-42(30,41)31(23-27)39(7,8)57-41)28(15-14-25(4)5)34-29(17-19-40(9,54-34)18-12-13-24(2)3)36(32)56-61(49,50)59-62(51,52)58-60(46,47)48/h13-14,16-17,19,22,27,31H,10-12,15,18,20-21,23H2,1-9H3,(H,49,50)(H,51,52)(H2,46,47,48)/b26-16-. The number of fused-ring (bicyclic) bond motifs is 2. The van der Waals surface area contributed by atoms with Crippen molar-refractivity contribution in [1.29, 1.82) is 0 Å². The van der Waals surface area contributed by atoms with Gasteiger partial charge in [-0.25, -0.2) is 18.5 Å². The Morgan fingerprint density at radius 1 is 0.919 bits per heavy atom. The van der Waals surface area contributed by atoms with E-state index in [0.29, 0.717) is 24.8 Å². The van der Waals surface area contributed by atoms with Gasteiger partial charge in [-0.15, -0.1) is 0 Å². The number of benzene rings is 1. The van der Waals surface area contributed by atoms with Crippen LogP contribution in [0.25, 0.3) is 6.08 Å². The van der Waals surface area contributed by atoms with Gasteiger partial charge in [0.2, 0.25) is 0 Å². The van der Waals surface area contributed by atoms with Crippen LogP contribution in [0.2, 0.25) is 0 Å². The van der Waals surface area contributed by atoms with E-state index < -0.39 is 80.8 Å². The highest BCUT2D eigenvalue weighted by Gasteiger charge is 2.81. The molecule has 2 fully saturated rings. The van der Waals surface area contributed by atoms with Gasteiger partial charge in [-0.3, -0.25) is 14.5 Å². The number of allylic oxidation sites excluding steroid dienone is 5. The smallest absolute Gasteiger partial charge is 0.482 e. The number of carbonyl (C=O) groups excluding carboxylic acids is 3. The molecule has 1 spiro atoms. The van der Waals surface area contributed by atoms with E-state index in [9.17, 15) is 42.9 Å². The third-order valence-corrected chi connectivity index (χ3v) is 15.5. The lowest BCUT2D eigenvalue weighted by molar-refractivity contribution is -0.171. The number of Topliss-reactive ketones (excluding diaryl/α,β-unsaturated/α-hetero) is 2. The van der Waals surface area contributed by atoms with E-state index in [-0.39, 0.29) is 59.9 Å². The second-order valence-electron chi connectivity index (χ2n) is 17.6. The van der Waals surface area contributed by atoms with E-state index in [1.54, 1.807) is 32.9 Å². The molecule has 340 valence electrons. The molecule has 1 aromatic carbocycles. The average Bonchev–Trinajstić information content (AvgIpc) is 3.28. The fourth-order valence-electron chi connectivity index (χ4n) is 9.08. The maximum Gasteiger partial charge on any atom is 0.536 e. The van der Waals surface area contributed by atoms with Crippen LogP contribution in [-0.4, -0.2) is 66.1 Å². The first kappa shape index (κ1) is 48.0. The fourth-order valence-corrected chi connectivity index (χ4v) is 12.1. The zero-order valence-electron chi connectivity index (χ0n) is 36.2. The summed E-state index contributed by atoms with van der Waals surface area (Å²) in [5.74, 6) is -4.04. The topological polar surface area (TPSA) is 248 Å². The molecule has 7 unspecified atom stereocenters. The van der Waals surface area contributed by atoms with Crippen LogP contribution in [0.1, 0.15) is 122 Å². The SMILES string of the molecule is CCCCOC(=O)/C(C)=C\CC12OC(C)(C)C3CC(C=C4C(=O)c5c(OP(=O)(O)OP(=O)(O)OP(=O)(O)O)c6c(c(CC=C(C)C)c5OC431)OC(C)(CCC=C(C)C)C=C6)C2=O. The Balaban J connectivity index is 1.61. The van der Waals surface area contributed by atoms with Gasteiger partial charge in [0.25, 0.3) is 0 Å². The molecule has 0 aromatic heterocycles.